The maximum atomic E-state index is 14.2. The molecule has 1 aromatic rings. The van der Waals surface area contributed by atoms with E-state index in [0.29, 0.717) is 0 Å². The van der Waals surface area contributed by atoms with Crippen LogP contribution in [0.4, 0.5) is 10.2 Å². The van der Waals surface area contributed by atoms with Gasteiger partial charge in [-0.25, -0.2) is 13.8 Å². The monoisotopic (exact) mass is 339 g/mol. The lowest BCUT2D eigenvalue weighted by Gasteiger charge is -2.26. The second-order valence-corrected chi connectivity index (χ2v) is 6.26. The minimum absolute atomic E-state index is 0.0669. The van der Waals surface area contributed by atoms with Crippen molar-refractivity contribution in [1.82, 2.24) is 9.55 Å². The Morgan fingerprint density at radius 3 is 2.82 bits per heavy atom. The highest BCUT2D eigenvalue weighted by Gasteiger charge is 2.54. The first-order valence-corrected chi connectivity index (χ1v) is 7.61. The van der Waals surface area contributed by atoms with E-state index in [0.717, 1.165) is 10.8 Å². The second kappa shape index (κ2) is 5.69. The first-order chi connectivity index (χ1) is 10.0. The molecule has 1 aromatic heterocycles. The van der Waals surface area contributed by atoms with Gasteiger partial charge in [0.2, 0.25) is 0 Å². The molecule has 0 bridgehead atoms. The zero-order valence-corrected chi connectivity index (χ0v) is 12.3. The minimum Gasteiger partial charge on any atom is -0.387 e. The third-order valence-corrected chi connectivity index (χ3v) is 3.70. The Bertz CT molecular complexity index is 664. The van der Waals surface area contributed by atoms with E-state index in [-0.39, 0.29) is 5.82 Å². The van der Waals surface area contributed by atoms with E-state index in [1.54, 1.807) is 0 Å². The molecule has 124 valence electrons. The number of phosphoric ester groups is 1. The van der Waals surface area contributed by atoms with Gasteiger partial charge in [0.15, 0.2) is 12.4 Å². The molecule has 0 spiro atoms. The smallest absolute Gasteiger partial charge is 0.387 e. The van der Waals surface area contributed by atoms with Crippen LogP contribution in [0.1, 0.15) is 13.2 Å². The van der Waals surface area contributed by atoms with Crippen molar-refractivity contribution in [3.05, 3.63) is 22.7 Å². The number of aliphatic hydroxyl groups excluding tert-OH is 1. The number of hydrogen-bond acceptors (Lipinski definition) is 7. The zero-order valence-electron chi connectivity index (χ0n) is 11.4. The predicted molar refractivity (Wildman–Crippen MR) is 70.3 cm³/mol. The molecule has 1 fully saturated rings. The van der Waals surface area contributed by atoms with Gasteiger partial charge in [0.05, 0.1) is 6.61 Å². The van der Waals surface area contributed by atoms with Crippen molar-refractivity contribution in [3.63, 3.8) is 0 Å². The van der Waals surface area contributed by atoms with E-state index in [9.17, 15) is 18.9 Å². The summed E-state index contributed by atoms with van der Waals surface area (Å²) in [6.07, 6.45) is -4.19. The molecule has 0 aliphatic carbocycles. The van der Waals surface area contributed by atoms with Crippen LogP contribution in [0.25, 0.3) is 0 Å². The predicted octanol–water partition coefficient (Wildman–Crippen LogP) is -1.08. The van der Waals surface area contributed by atoms with E-state index in [2.05, 4.69) is 9.51 Å². The lowest BCUT2D eigenvalue weighted by atomic mass is 9.99. The van der Waals surface area contributed by atoms with Crippen LogP contribution in [0.2, 0.25) is 0 Å². The number of ether oxygens (including phenoxy) is 1. The molecule has 5 N–H and O–H groups in total. The normalized spacial score (nSPS) is 32.3. The van der Waals surface area contributed by atoms with Crippen molar-refractivity contribution >= 4 is 13.6 Å². The summed E-state index contributed by atoms with van der Waals surface area (Å²) in [6.45, 7) is 0.433. The quantitative estimate of drug-likeness (QED) is 0.501. The van der Waals surface area contributed by atoms with Gasteiger partial charge in [-0.15, -0.1) is 0 Å². The van der Waals surface area contributed by atoms with Crippen LogP contribution in [-0.4, -0.2) is 48.9 Å². The largest absolute Gasteiger partial charge is 0.469 e. The van der Waals surface area contributed by atoms with Crippen LogP contribution in [0.3, 0.4) is 0 Å². The van der Waals surface area contributed by atoms with E-state index >= 15 is 0 Å². The standard InChI is InChI=1S/C10H15FN3O7P/c1-10(4-20-22(17,18)19)7(15)6(11)8(21-10)14-3-2-5(12)13-9(14)16/h2-3,6-8,15H,4H2,1H3,(H2,12,13,16)(H2,17,18,19)/t6-,7+,8?,10-/m1/s1. The Hall–Kier alpha value is -1.36. The minimum atomic E-state index is -4.83. The molecule has 4 atom stereocenters. The third kappa shape index (κ3) is 3.35. The fourth-order valence-corrected chi connectivity index (χ4v) is 2.49. The summed E-state index contributed by atoms with van der Waals surface area (Å²) in [5, 5.41) is 9.90. The number of phosphoric acid groups is 1. The summed E-state index contributed by atoms with van der Waals surface area (Å²) in [6, 6.07) is 1.24. The topological polar surface area (TPSA) is 157 Å². The van der Waals surface area contributed by atoms with Crippen LogP contribution in [0.15, 0.2) is 17.1 Å². The average molecular weight is 339 g/mol. The van der Waals surface area contributed by atoms with E-state index in [1.165, 1.54) is 13.0 Å². The molecule has 10 nitrogen and oxygen atoms in total. The number of halogens is 1. The van der Waals surface area contributed by atoms with Crippen molar-refractivity contribution in [2.75, 3.05) is 12.3 Å². The molecule has 1 saturated heterocycles. The molecular weight excluding hydrogens is 324 g/mol. The highest BCUT2D eigenvalue weighted by Crippen LogP contribution is 2.43. The fraction of sp³-hybridized carbons (Fsp3) is 0.600. The van der Waals surface area contributed by atoms with E-state index < -0.39 is 44.2 Å². The number of alkyl halides is 1. The first kappa shape index (κ1) is 17.0. The SMILES string of the molecule is C[C@]1(COP(=O)(O)O)OC(n2ccc(N)nc2=O)[C@H](F)[C@@H]1O. The number of nitrogens with zero attached hydrogens (tertiary/aromatic N) is 2. The van der Waals surface area contributed by atoms with Gasteiger partial charge < -0.3 is 25.4 Å². The van der Waals surface area contributed by atoms with Crippen molar-refractivity contribution in [3.8, 4) is 0 Å². The van der Waals surface area contributed by atoms with Gasteiger partial charge in [0.1, 0.15) is 17.5 Å². The van der Waals surface area contributed by atoms with Gasteiger partial charge >= 0.3 is 13.5 Å². The maximum absolute atomic E-state index is 14.2. The van der Waals surface area contributed by atoms with Crippen LogP contribution < -0.4 is 11.4 Å². The van der Waals surface area contributed by atoms with Crippen LogP contribution >= 0.6 is 7.82 Å². The molecule has 2 heterocycles. The van der Waals surface area contributed by atoms with Crippen molar-refractivity contribution in [1.29, 1.82) is 0 Å². The Balaban J connectivity index is 2.26. The molecule has 22 heavy (non-hydrogen) atoms. The lowest BCUT2D eigenvalue weighted by Crippen LogP contribution is -2.43. The maximum Gasteiger partial charge on any atom is 0.469 e. The summed E-state index contributed by atoms with van der Waals surface area (Å²) in [4.78, 5) is 32.5. The van der Waals surface area contributed by atoms with Gasteiger partial charge in [-0.1, -0.05) is 0 Å². The fourth-order valence-electron chi connectivity index (χ4n) is 2.06. The molecule has 0 amide bonds. The Morgan fingerprint density at radius 2 is 2.27 bits per heavy atom. The number of aromatic nitrogens is 2. The molecule has 0 radical (unpaired) electrons. The molecule has 1 aliphatic rings. The lowest BCUT2D eigenvalue weighted by molar-refractivity contribution is -0.115. The molecule has 1 unspecified atom stereocenters. The number of nitrogens with two attached hydrogens (primary N) is 1. The number of anilines is 1. The molecule has 0 aromatic carbocycles. The summed E-state index contributed by atoms with van der Waals surface area (Å²) < 4.78 is 35.3. The first-order valence-electron chi connectivity index (χ1n) is 6.08. The highest BCUT2D eigenvalue weighted by atomic mass is 31.2. The number of nitrogen functional groups attached to an aromatic ring is 1. The van der Waals surface area contributed by atoms with Crippen LogP contribution in [0, 0.1) is 0 Å². The van der Waals surface area contributed by atoms with Crippen molar-refractivity contribution < 1.29 is 33.1 Å². The van der Waals surface area contributed by atoms with Gasteiger partial charge in [-0.05, 0) is 13.0 Å². The molecule has 2 rings (SSSR count). The van der Waals surface area contributed by atoms with Crippen LogP contribution in [-0.2, 0) is 13.8 Å². The third-order valence-electron chi connectivity index (χ3n) is 3.23. The van der Waals surface area contributed by atoms with Crippen LogP contribution in [0.5, 0.6) is 0 Å². The van der Waals surface area contributed by atoms with E-state index in [1.807, 2.05) is 0 Å². The Morgan fingerprint density at radius 1 is 1.64 bits per heavy atom. The summed E-state index contributed by atoms with van der Waals surface area (Å²) in [5.74, 6) is -0.0669. The van der Waals surface area contributed by atoms with Gasteiger partial charge in [0, 0.05) is 6.20 Å². The average Bonchev–Trinajstić information content (AvgIpc) is 2.61. The van der Waals surface area contributed by atoms with Gasteiger partial charge in [0.25, 0.3) is 0 Å². The van der Waals surface area contributed by atoms with Crippen molar-refractivity contribution in [2.24, 2.45) is 0 Å². The van der Waals surface area contributed by atoms with Crippen molar-refractivity contribution in [2.45, 2.75) is 31.0 Å². The zero-order chi connectivity index (χ0) is 16.7. The summed E-state index contributed by atoms with van der Waals surface area (Å²) in [7, 11) is -4.83. The highest BCUT2D eigenvalue weighted by molar-refractivity contribution is 7.46. The summed E-state index contributed by atoms with van der Waals surface area (Å²) in [5.41, 5.74) is 2.68. The van der Waals surface area contributed by atoms with Gasteiger partial charge in [-0.2, -0.15) is 4.98 Å². The molecular formula is C10H15FN3O7P. The molecule has 0 saturated carbocycles. The molecule has 1 aliphatic heterocycles. The van der Waals surface area contributed by atoms with E-state index in [4.69, 9.17) is 20.3 Å². The van der Waals surface area contributed by atoms with Gasteiger partial charge in [-0.3, -0.25) is 9.09 Å². The number of aliphatic hydroxyl groups is 1. The molecule has 12 heteroatoms. The second-order valence-electron chi connectivity index (χ2n) is 5.02. The number of hydrogen-bond donors (Lipinski definition) is 4. The Labute approximate surface area is 123 Å². The summed E-state index contributed by atoms with van der Waals surface area (Å²) >= 11 is 0. The Kier molecular flexibility index (Phi) is 4.39. The number of rotatable bonds is 4.